The van der Waals surface area contributed by atoms with Crippen molar-refractivity contribution in [1.29, 1.82) is 0 Å². The fourth-order valence-electron chi connectivity index (χ4n) is 2.59. The maximum absolute atomic E-state index is 11.3. The third kappa shape index (κ3) is 2.19. The van der Waals surface area contributed by atoms with Gasteiger partial charge in [-0.2, -0.15) is 0 Å². The van der Waals surface area contributed by atoms with Gasteiger partial charge in [0.05, 0.1) is 11.8 Å². The summed E-state index contributed by atoms with van der Waals surface area (Å²) in [6.07, 6.45) is 5.09. The number of hydrogen-bond acceptors (Lipinski definition) is 4. The second-order valence-electron chi connectivity index (χ2n) is 4.67. The standard InChI is InChI=1S/C14H14N2O3/c17-14(18)12-3-1-5-13-11(12)4-2-6-16(13)8-10-7-15-19-9-10/h1,3,5,7,9H,2,4,6,8H2,(H,17,18). The predicted molar refractivity (Wildman–Crippen MR) is 69.3 cm³/mol. The number of carboxylic acid groups (broad SMARTS) is 1. The van der Waals surface area contributed by atoms with E-state index < -0.39 is 5.97 Å². The topological polar surface area (TPSA) is 66.6 Å². The number of aromatic carboxylic acids is 1. The Labute approximate surface area is 110 Å². The molecular weight excluding hydrogens is 244 g/mol. The van der Waals surface area contributed by atoms with Crippen LogP contribution in [0.15, 0.2) is 35.2 Å². The van der Waals surface area contributed by atoms with Gasteiger partial charge in [-0.1, -0.05) is 11.2 Å². The first-order valence-corrected chi connectivity index (χ1v) is 6.24. The quantitative estimate of drug-likeness (QED) is 0.915. The molecule has 5 nitrogen and oxygen atoms in total. The van der Waals surface area contributed by atoms with Crippen LogP contribution in [-0.4, -0.2) is 22.8 Å². The van der Waals surface area contributed by atoms with Gasteiger partial charge in [-0.15, -0.1) is 0 Å². The van der Waals surface area contributed by atoms with Crippen molar-refractivity contribution in [1.82, 2.24) is 5.16 Å². The van der Waals surface area contributed by atoms with Crippen LogP contribution >= 0.6 is 0 Å². The molecule has 0 aliphatic carbocycles. The third-order valence-corrected chi connectivity index (χ3v) is 3.43. The Morgan fingerprint density at radius 1 is 1.47 bits per heavy atom. The van der Waals surface area contributed by atoms with Crippen molar-refractivity contribution in [3.05, 3.63) is 47.3 Å². The predicted octanol–water partition coefficient (Wildman–Crippen LogP) is 2.33. The molecule has 19 heavy (non-hydrogen) atoms. The fraction of sp³-hybridized carbons (Fsp3) is 0.286. The molecule has 0 amide bonds. The third-order valence-electron chi connectivity index (χ3n) is 3.43. The summed E-state index contributed by atoms with van der Waals surface area (Å²) in [7, 11) is 0. The normalized spacial score (nSPS) is 14.2. The van der Waals surface area contributed by atoms with Crippen LogP contribution in [0.4, 0.5) is 5.69 Å². The van der Waals surface area contributed by atoms with Gasteiger partial charge in [-0.05, 0) is 30.5 Å². The van der Waals surface area contributed by atoms with Crippen LogP contribution < -0.4 is 4.90 Å². The van der Waals surface area contributed by atoms with Crippen LogP contribution in [0.2, 0.25) is 0 Å². The fourth-order valence-corrected chi connectivity index (χ4v) is 2.59. The lowest BCUT2D eigenvalue weighted by Crippen LogP contribution is -2.29. The van der Waals surface area contributed by atoms with Crippen LogP contribution in [0.1, 0.15) is 27.9 Å². The molecule has 98 valence electrons. The number of carbonyl (C=O) groups is 1. The van der Waals surface area contributed by atoms with E-state index in [0.717, 1.165) is 36.2 Å². The molecule has 0 bridgehead atoms. The van der Waals surface area contributed by atoms with Crippen LogP contribution in [0.5, 0.6) is 0 Å². The first-order chi connectivity index (χ1) is 9.25. The van der Waals surface area contributed by atoms with E-state index in [1.165, 1.54) is 0 Å². The van der Waals surface area contributed by atoms with Gasteiger partial charge in [0.2, 0.25) is 0 Å². The summed E-state index contributed by atoms with van der Waals surface area (Å²) in [6, 6.07) is 5.45. The summed E-state index contributed by atoms with van der Waals surface area (Å²) < 4.78 is 4.84. The summed E-state index contributed by atoms with van der Waals surface area (Å²) in [5.41, 5.74) is 3.34. The van der Waals surface area contributed by atoms with Crippen molar-refractivity contribution in [3.63, 3.8) is 0 Å². The summed E-state index contributed by atoms with van der Waals surface area (Å²) in [6.45, 7) is 1.61. The number of carboxylic acids is 1. The van der Waals surface area contributed by atoms with E-state index in [0.29, 0.717) is 12.1 Å². The SMILES string of the molecule is O=C(O)c1cccc2c1CCCN2Cc1cnoc1. The zero-order valence-electron chi connectivity index (χ0n) is 10.4. The molecule has 2 aromatic rings. The molecule has 0 fully saturated rings. The summed E-state index contributed by atoms with van der Waals surface area (Å²) in [5.74, 6) is -0.858. The number of rotatable bonds is 3. The zero-order valence-corrected chi connectivity index (χ0v) is 10.4. The minimum Gasteiger partial charge on any atom is -0.478 e. The molecule has 3 rings (SSSR count). The van der Waals surface area contributed by atoms with E-state index in [1.807, 2.05) is 6.07 Å². The number of hydrogen-bond donors (Lipinski definition) is 1. The van der Waals surface area contributed by atoms with Crippen LogP contribution in [0.3, 0.4) is 0 Å². The van der Waals surface area contributed by atoms with Gasteiger partial charge >= 0.3 is 5.97 Å². The van der Waals surface area contributed by atoms with Crippen LogP contribution in [0.25, 0.3) is 0 Å². The molecule has 0 unspecified atom stereocenters. The number of fused-ring (bicyclic) bond motifs is 1. The molecule has 2 heterocycles. The molecule has 1 aromatic heterocycles. The number of anilines is 1. The van der Waals surface area contributed by atoms with Crippen LogP contribution in [-0.2, 0) is 13.0 Å². The van der Waals surface area contributed by atoms with Gasteiger partial charge in [0, 0.05) is 24.3 Å². The minimum atomic E-state index is -0.858. The van der Waals surface area contributed by atoms with Crippen molar-refractivity contribution in [3.8, 4) is 0 Å². The molecule has 0 radical (unpaired) electrons. The highest BCUT2D eigenvalue weighted by Gasteiger charge is 2.22. The summed E-state index contributed by atoms with van der Waals surface area (Å²) >= 11 is 0. The van der Waals surface area contributed by atoms with Crippen LogP contribution in [0, 0.1) is 0 Å². The van der Waals surface area contributed by atoms with Crippen molar-refractivity contribution >= 4 is 11.7 Å². The van der Waals surface area contributed by atoms with E-state index >= 15 is 0 Å². The molecule has 0 spiro atoms. The lowest BCUT2D eigenvalue weighted by molar-refractivity contribution is 0.0695. The molecule has 1 aliphatic rings. The monoisotopic (exact) mass is 258 g/mol. The highest BCUT2D eigenvalue weighted by molar-refractivity contribution is 5.91. The van der Waals surface area contributed by atoms with E-state index in [9.17, 15) is 9.90 Å². The van der Waals surface area contributed by atoms with Gasteiger partial charge in [0.1, 0.15) is 6.26 Å². The minimum absolute atomic E-state index is 0.410. The molecule has 1 aromatic carbocycles. The molecule has 0 saturated carbocycles. The average Bonchev–Trinajstić information content (AvgIpc) is 2.91. The number of nitrogens with zero attached hydrogens (tertiary/aromatic N) is 2. The Bertz CT molecular complexity index is 593. The summed E-state index contributed by atoms with van der Waals surface area (Å²) in [4.78, 5) is 13.4. The molecule has 0 saturated heterocycles. The second-order valence-corrected chi connectivity index (χ2v) is 4.67. The van der Waals surface area contributed by atoms with Gasteiger partial charge in [-0.3, -0.25) is 0 Å². The average molecular weight is 258 g/mol. The Balaban J connectivity index is 1.96. The van der Waals surface area contributed by atoms with E-state index in [-0.39, 0.29) is 0 Å². The molecule has 1 aliphatic heterocycles. The number of aromatic nitrogens is 1. The Morgan fingerprint density at radius 2 is 2.37 bits per heavy atom. The first-order valence-electron chi connectivity index (χ1n) is 6.24. The molecule has 0 atom stereocenters. The lowest BCUT2D eigenvalue weighted by Gasteiger charge is -2.31. The lowest BCUT2D eigenvalue weighted by atomic mass is 9.96. The first kappa shape index (κ1) is 11.8. The van der Waals surface area contributed by atoms with Crippen molar-refractivity contribution in [2.45, 2.75) is 19.4 Å². The second kappa shape index (κ2) is 4.76. The smallest absolute Gasteiger partial charge is 0.336 e. The van der Waals surface area contributed by atoms with E-state index in [2.05, 4.69) is 10.1 Å². The number of benzene rings is 1. The Kier molecular flexibility index (Phi) is 2.95. The Morgan fingerprint density at radius 3 is 3.11 bits per heavy atom. The highest BCUT2D eigenvalue weighted by Crippen LogP contribution is 2.31. The maximum Gasteiger partial charge on any atom is 0.336 e. The van der Waals surface area contributed by atoms with Crippen molar-refractivity contribution in [2.24, 2.45) is 0 Å². The van der Waals surface area contributed by atoms with Gasteiger partial charge < -0.3 is 14.5 Å². The van der Waals surface area contributed by atoms with Gasteiger partial charge in [0.25, 0.3) is 0 Å². The molecule has 5 heteroatoms. The van der Waals surface area contributed by atoms with Crippen molar-refractivity contribution < 1.29 is 14.4 Å². The Hall–Kier alpha value is -2.30. The molecule has 1 N–H and O–H groups in total. The van der Waals surface area contributed by atoms with Crippen molar-refractivity contribution in [2.75, 3.05) is 11.4 Å². The van der Waals surface area contributed by atoms with E-state index in [1.54, 1.807) is 24.6 Å². The largest absolute Gasteiger partial charge is 0.478 e. The zero-order chi connectivity index (χ0) is 13.2. The van der Waals surface area contributed by atoms with Gasteiger partial charge in [-0.25, -0.2) is 4.79 Å². The van der Waals surface area contributed by atoms with E-state index in [4.69, 9.17) is 4.52 Å². The van der Waals surface area contributed by atoms with Gasteiger partial charge in [0.15, 0.2) is 0 Å². The maximum atomic E-state index is 11.3. The molecular formula is C14H14N2O3. The highest BCUT2D eigenvalue weighted by atomic mass is 16.5. The summed E-state index contributed by atoms with van der Waals surface area (Å²) in [5, 5.41) is 12.9.